The number of rotatable bonds is 6. The summed E-state index contributed by atoms with van der Waals surface area (Å²) in [5.74, 6) is 1.39. The third-order valence-corrected chi connectivity index (χ3v) is 7.90. The minimum Gasteiger partial charge on any atom is -0.485 e. The van der Waals surface area contributed by atoms with Gasteiger partial charge in [0.2, 0.25) is 5.91 Å². The highest BCUT2D eigenvalue weighted by Crippen LogP contribution is 2.38. The highest BCUT2D eigenvalue weighted by Gasteiger charge is 2.28. The van der Waals surface area contributed by atoms with Gasteiger partial charge in [-0.2, -0.15) is 0 Å². The zero-order chi connectivity index (χ0) is 22.9. The third kappa shape index (κ3) is 4.30. The molecule has 11 heteroatoms. The van der Waals surface area contributed by atoms with Gasteiger partial charge >= 0.3 is 0 Å². The molecule has 0 fully saturated rings. The summed E-state index contributed by atoms with van der Waals surface area (Å²) in [6, 6.07) is 7.48. The van der Waals surface area contributed by atoms with E-state index in [1.807, 2.05) is 31.3 Å². The lowest BCUT2D eigenvalue weighted by atomic mass is 9.95. The monoisotopic (exact) mass is 485 g/mol. The lowest BCUT2D eigenvalue weighted by Gasteiger charge is -2.25. The summed E-state index contributed by atoms with van der Waals surface area (Å²) in [6.45, 7) is 0.326. The van der Waals surface area contributed by atoms with Crippen LogP contribution in [0.15, 0.2) is 29.4 Å². The van der Waals surface area contributed by atoms with E-state index in [4.69, 9.17) is 15.2 Å². The summed E-state index contributed by atoms with van der Waals surface area (Å²) in [5.41, 5.74) is 7.07. The van der Waals surface area contributed by atoms with E-state index >= 15 is 0 Å². The molecular formula is C22H23N5O4S2. The van der Waals surface area contributed by atoms with Crippen LogP contribution in [0.1, 0.15) is 45.6 Å². The molecule has 0 saturated heterocycles. The summed E-state index contributed by atoms with van der Waals surface area (Å²) >= 11 is 2.72. The number of hydrogen-bond acceptors (Lipinski definition) is 8. The van der Waals surface area contributed by atoms with Crippen molar-refractivity contribution >= 4 is 39.9 Å². The number of amides is 2. The van der Waals surface area contributed by atoms with E-state index in [2.05, 4.69) is 15.5 Å². The molecule has 2 aliphatic rings. The number of ether oxygens (including phenoxy) is 2. The molecule has 33 heavy (non-hydrogen) atoms. The summed E-state index contributed by atoms with van der Waals surface area (Å²) in [7, 11) is 1.83. The number of anilines is 1. The van der Waals surface area contributed by atoms with Crippen molar-refractivity contribution in [1.29, 1.82) is 0 Å². The Balaban J connectivity index is 1.24. The van der Waals surface area contributed by atoms with Crippen LogP contribution in [-0.2, 0) is 24.7 Å². The van der Waals surface area contributed by atoms with Crippen molar-refractivity contribution in [1.82, 2.24) is 14.8 Å². The summed E-state index contributed by atoms with van der Waals surface area (Å²) in [5, 5.41) is 12.5. The number of aromatic nitrogens is 3. The number of nitrogens with two attached hydrogens (primary N) is 1. The van der Waals surface area contributed by atoms with Crippen LogP contribution in [0.4, 0.5) is 5.00 Å². The molecule has 0 unspecified atom stereocenters. The van der Waals surface area contributed by atoms with Crippen molar-refractivity contribution in [2.24, 2.45) is 12.8 Å². The maximum Gasteiger partial charge on any atom is 0.251 e. The lowest BCUT2D eigenvalue weighted by molar-refractivity contribution is -0.113. The van der Waals surface area contributed by atoms with Gasteiger partial charge in [-0.15, -0.1) is 21.5 Å². The van der Waals surface area contributed by atoms with Gasteiger partial charge in [-0.05, 0) is 43.4 Å². The Hall–Kier alpha value is -3.05. The highest BCUT2D eigenvalue weighted by molar-refractivity contribution is 7.99. The standard InChI is InChI=1S/C22H23N5O4S2/c1-27-20(15-10-30-13-7-3-4-8-14(13)31-15)25-26-22(27)32-11-17(28)24-21-18(19(23)29)12-6-2-5-9-16(12)33-21/h3-4,7-8,15H,2,5-6,9-11H2,1H3,(H2,23,29)(H,24,28)/t15-/m0/s1. The quantitative estimate of drug-likeness (QED) is 0.515. The maximum atomic E-state index is 12.7. The van der Waals surface area contributed by atoms with Crippen molar-refractivity contribution < 1.29 is 19.1 Å². The van der Waals surface area contributed by atoms with E-state index in [-0.39, 0.29) is 11.7 Å². The van der Waals surface area contributed by atoms with Crippen molar-refractivity contribution in [3.63, 3.8) is 0 Å². The molecule has 172 valence electrons. The van der Waals surface area contributed by atoms with Crippen LogP contribution in [0.3, 0.4) is 0 Å². The van der Waals surface area contributed by atoms with E-state index in [0.717, 1.165) is 36.1 Å². The van der Waals surface area contributed by atoms with E-state index < -0.39 is 12.0 Å². The summed E-state index contributed by atoms with van der Waals surface area (Å²) in [4.78, 5) is 25.8. The van der Waals surface area contributed by atoms with E-state index in [9.17, 15) is 9.59 Å². The van der Waals surface area contributed by atoms with E-state index in [1.54, 1.807) is 4.57 Å². The molecule has 1 aliphatic heterocycles. The predicted octanol–water partition coefficient (Wildman–Crippen LogP) is 3.10. The number of primary amides is 1. The zero-order valence-electron chi connectivity index (χ0n) is 18.0. The zero-order valence-corrected chi connectivity index (χ0v) is 19.6. The fraction of sp³-hybridized carbons (Fsp3) is 0.364. The number of thioether (sulfide) groups is 1. The van der Waals surface area contributed by atoms with Crippen LogP contribution in [-0.4, -0.2) is 38.9 Å². The van der Waals surface area contributed by atoms with E-state index in [1.165, 1.54) is 23.1 Å². The summed E-state index contributed by atoms with van der Waals surface area (Å²) < 4.78 is 13.6. The van der Waals surface area contributed by atoms with Crippen LogP contribution in [0.2, 0.25) is 0 Å². The maximum absolute atomic E-state index is 12.7. The van der Waals surface area contributed by atoms with Crippen LogP contribution < -0.4 is 20.5 Å². The Labute approximate surface area is 198 Å². The minimum absolute atomic E-state index is 0.123. The molecule has 2 amide bonds. The number of nitrogens with zero attached hydrogens (tertiary/aromatic N) is 3. The Morgan fingerprint density at radius 3 is 2.85 bits per heavy atom. The first-order chi connectivity index (χ1) is 16.0. The van der Waals surface area contributed by atoms with Gasteiger partial charge in [0, 0.05) is 11.9 Å². The number of benzene rings is 1. The smallest absolute Gasteiger partial charge is 0.251 e. The first-order valence-electron chi connectivity index (χ1n) is 10.7. The molecule has 0 bridgehead atoms. The molecule has 3 N–H and O–H groups in total. The van der Waals surface area contributed by atoms with Crippen molar-refractivity contribution in [3.8, 4) is 11.5 Å². The first-order valence-corrected chi connectivity index (χ1v) is 12.5. The molecule has 0 radical (unpaired) electrons. The molecule has 3 aromatic rings. The molecule has 0 spiro atoms. The fourth-order valence-electron chi connectivity index (χ4n) is 4.09. The molecule has 3 heterocycles. The number of hydrogen-bond donors (Lipinski definition) is 2. The predicted molar refractivity (Wildman–Crippen MR) is 125 cm³/mol. The van der Waals surface area contributed by atoms with Gasteiger partial charge in [0.05, 0.1) is 11.3 Å². The second kappa shape index (κ2) is 9.06. The molecule has 0 saturated carbocycles. The van der Waals surface area contributed by atoms with Crippen molar-refractivity contribution in [2.75, 3.05) is 17.7 Å². The highest BCUT2D eigenvalue weighted by atomic mass is 32.2. The van der Waals surface area contributed by atoms with Crippen LogP contribution in [0, 0.1) is 0 Å². The number of fused-ring (bicyclic) bond motifs is 2. The molecule has 1 aliphatic carbocycles. The van der Waals surface area contributed by atoms with Gasteiger partial charge < -0.3 is 25.1 Å². The number of aryl methyl sites for hydroxylation is 1. The first kappa shape index (κ1) is 21.8. The summed E-state index contributed by atoms with van der Waals surface area (Å²) in [6.07, 6.45) is 3.47. The van der Waals surface area contributed by atoms with Crippen LogP contribution >= 0.6 is 23.1 Å². The van der Waals surface area contributed by atoms with Gasteiger partial charge in [0.15, 0.2) is 28.6 Å². The van der Waals surface area contributed by atoms with Gasteiger partial charge in [-0.25, -0.2) is 0 Å². The van der Waals surface area contributed by atoms with Gasteiger partial charge in [0.1, 0.15) is 11.6 Å². The Bertz CT molecular complexity index is 1220. The SMILES string of the molecule is Cn1c(SCC(=O)Nc2sc3c(c2C(N)=O)CCCC3)nnc1[C@@H]1COc2ccccc2O1. The average Bonchev–Trinajstić information content (AvgIpc) is 3.37. The van der Waals surface area contributed by atoms with Gasteiger partial charge in [-0.1, -0.05) is 23.9 Å². The average molecular weight is 486 g/mol. The number of nitrogens with one attached hydrogen (secondary N) is 1. The molecule has 2 aromatic heterocycles. The largest absolute Gasteiger partial charge is 0.485 e. The second-order valence-corrected chi connectivity index (χ2v) is 9.93. The van der Waals surface area contributed by atoms with Crippen LogP contribution in [0.25, 0.3) is 0 Å². The van der Waals surface area contributed by atoms with Crippen LogP contribution in [0.5, 0.6) is 11.5 Å². The Morgan fingerprint density at radius 1 is 1.24 bits per heavy atom. The second-order valence-electron chi connectivity index (χ2n) is 7.88. The third-order valence-electron chi connectivity index (χ3n) is 5.67. The van der Waals surface area contributed by atoms with Gasteiger partial charge in [-0.3, -0.25) is 9.59 Å². The molecule has 5 rings (SSSR count). The lowest BCUT2D eigenvalue weighted by Crippen LogP contribution is -2.24. The number of para-hydroxylation sites is 2. The van der Waals surface area contributed by atoms with Crippen molar-refractivity contribution in [2.45, 2.75) is 36.9 Å². The topological polar surface area (TPSA) is 121 Å². The van der Waals surface area contributed by atoms with Gasteiger partial charge in [0.25, 0.3) is 5.91 Å². The number of carbonyl (C=O) groups excluding carboxylic acids is 2. The molecule has 1 aromatic carbocycles. The normalized spacial score (nSPS) is 16.8. The number of carbonyl (C=O) groups is 2. The molecule has 9 nitrogen and oxygen atoms in total. The number of thiophene rings is 1. The molecule has 1 atom stereocenters. The molecular weight excluding hydrogens is 462 g/mol. The minimum atomic E-state index is -0.494. The van der Waals surface area contributed by atoms with Crippen molar-refractivity contribution in [3.05, 3.63) is 46.1 Å². The van der Waals surface area contributed by atoms with E-state index in [0.29, 0.717) is 39.7 Å². The Morgan fingerprint density at radius 2 is 2.03 bits per heavy atom. The fourth-order valence-corrected chi connectivity index (χ4v) is 6.12. The Kier molecular flexibility index (Phi) is 5.98.